The van der Waals surface area contributed by atoms with Crippen LogP contribution < -0.4 is 0 Å². The molecule has 66 valence electrons. The lowest BCUT2D eigenvalue weighted by molar-refractivity contribution is 0.126. The Morgan fingerprint density at radius 3 is 2.92 bits per heavy atom. The lowest BCUT2D eigenvalue weighted by atomic mass is 10.0. The fraction of sp³-hybridized carbons (Fsp3) is 0.333. The van der Waals surface area contributed by atoms with Crippen molar-refractivity contribution in [2.24, 2.45) is 5.92 Å². The van der Waals surface area contributed by atoms with Gasteiger partial charge in [-0.15, -0.1) is 12.3 Å². The summed E-state index contributed by atoms with van der Waals surface area (Å²) in [5, 5.41) is 9.88. The molecule has 0 bridgehead atoms. The SMILES string of the molecule is C#CCC1Cc2ccccc2C1O. The minimum Gasteiger partial charge on any atom is -0.388 e. The highest BCUT2D eigenvalue weighted by atomic mass is 16.3. The Balaban J connectivity index is 2.28. The molecule has 2 unspecified atom stereocenters. The van der Waals surface area contributed by atoms with Crippen LogP contribution in [0.15, 0.2) is 24.3 Å². The first-order valence-electron chi connectivity index (χ1n) is 4.52. The molecule has 1 aliphatic rings. The van der Waals surface area contributed by atoms with E-state index in [1.165, 1.54) is 5.56 Å². The molecule has 1 aromatic carbocycles. The van der Waals surface area contributed by atoms with Crippen molar-refractivity contribution in [2.45, 2.75) is 18.9 Å². The monoisotopic (exact) mass is 172 g/mol. The van der Waals surface area contributed by atoms with Gasteiger partial charge in [-0.3, -0.25) is 0 Å². The minimum absolute atomic E-state index is 0.224. The van der Waals surface area contributed by atoms with Crippen LogP contribution in [0.1, 0.15) is 23.7 Å². The molecule has 2 atom stereocenters. The quantitative estimate of drug-likeness (QED) is 0.642. The van der Waals surface area contributed by atoms with Crippen molar-refractivity contribution in [3.05, 3.63) is 35.4 Å². The van der Waals surface area contributed by atoms with Crippen LogP contribution in [-0.2, 0) is 6.42 Å². The molecule has 1 N–H and O–H groups in total. The second kappa shape index (κ2) is 3.24. The number of hydrogen-bond donors (Lipinski definition) is 1. The van der Waals surface area contributed by atoms with Crippen LogP contribution in [0.3, 0.4) is 0 Å². The van der Waals surface area contributed by atoms with Gasteiger partial charge >= 0.3 is 0 Å². The van der Waals surface area contributed by atoms with Gasteiger partial charge in [0, 0.05) is 12.3 Å². The molecule has 0 saturated carbocycles. The minimum atomic E-state index is -0.354. The standard InChI is InChI=1S/C12H12O/c1-2-5-10-8-9-6-3-4-7-11(9)12(10)13/h1,3-4,6-7,10,12-13H,5,8H2. The van der Waals surface area contributed by atoms with E-state index in [1.54, 1.807) is 0 Å². The van der Waals surface area contributed by atoms with Crippen molar-refractivity contribution in [3.8, 4) is 12.3 Å². The Kier molecular flexibility index (Phi) is 2.08. The highest BCUT2D eigenvalue weighted by Gasteiger charge is 2.29. The molecule has 0 saturated heterocycles. The molecule has 1 heteroatoms. The fourth-order valence-corrected chi connectivity index (χ4v) is 1.99. The molecule has 0 fully saturated rings. The smallest absolute Gasteiger partial charge is 0.0833 e. The van der Waals surface area contributed by atoms with E-state index in [9.17, 15) is 5.11 Å². The molecule has 0 spiro atoms. The highest BCUT2D eigenvalue weighted by molar-refractivity contribution is 5.34. The molecule has 0 aliphatic heterocycles. The van der Waals surface area contributed by atoms with Crippen molar-refractivity contribution in [1.82, 2.24) is 0 Å². The maximum absolute atomic E-state index is 9.88. The van der Waals surface area contributed by atoms with E-state index in [0.717, 1.165) is 12.0 Å². The van der Waals surface area contributed by atoms with Crippen LogP contribution in [-0.4, -0.2) is 5.11 Å². The van der Waals surface area contributed by atoms with E-state index in [-0.39, 0.29) is 12.0 Å². The highest BCUT2D eigenvalue weighted by Crippen LogP contribution is 2.37. The van der Waals surface area contributed by atoms with Crippen molar-refractivity contribution in [1.29, 1.82) is 0 Å². The molecule has 13 heavy (non-hydrogen) atoms. The Morgan fingerprint density at radius 2 is 2.23 bits per heavy atom. The van der Waals surface area contributed by atoms with Crippen LogP contribution in [0.5, 0.6) is 0 Å². The van der Waals surface area contributed by atoms with Gasteiger partial charge in [-0.1, -0.05) is 24.3 Å². The van der Waals surface area contributed by atoms with Gasteiger partial charge in [0.2, 0.25) is 0 Å². The average Bonchev–Trinajstić information content (AvgIpc) is 2.46. The topological polar surface area (TPSA) is 20.2 Å². The number of terminal acetylenes is 1. The van der Waals surface area contributed by atoms with Crippen LogP contribution in [0, 0.1) is 18.3 Å². The zero-order valence-electron chi connectivity index (χ0n) is 7.40. The maximum Gasteiger partial charge on any atom is 0.0833 e. The van der Waals surface area contributed by atoms with E-state index in [4.69, 9.17) is 6.42 Å². The predicted octanol–water partition coefficient (Wildman–Crippen LogP) is 1.92. The molecule has 0 heterocycles. The van der Waals surface area contributed by atoms with Gasteiger partial charge in [-0.05, 0) is 17.5 Å². The van der Waals surface area contributed by atoms with Crippen LogP contribution in [0.4, 0.5) is 0 Å². The Labute approximate surface area is 78.4 Å². The summed E-state index contributed by atoms with van der Waals surface area (Å²) < 4.78 is 0. The summed E-state index contributed by atoms with van der Waals surface area (Å²) in [7, 11) is 0. The second-order valence-corrected chi connectivity index (χ2v) is 3.52. The van der Waals surface area contributed by atoms with Crippen molar-refractivity contribution >= 4 is 0 Å². The van der Waals surface area contributed by atoms with Gasteiger partial charge in [0.25, 0.3) is 0 Å². The first-order valence-corrected chi connectivity index (χ1v) is 4.52. The zero-order valence-corrected chi connectivity index (χ0v) is 7.40. The maximum atomic E-state index is 9.88. The summed E-state index contributed by atoms with van der Waals surface area (Å²) in [5.41, 5.74) is 2.30. The molecule has 1 aromatic rings. The number of hydrogen-bond acceptors (Lipinski definition) is 1. The molecule has 0 radical (unpaired) electrons. The number of benzene rings is 1. The van der Waals surface area contributed by atoms with Crippen molar-refractivity contribution in [2.75, 3.05) is 0 Å². The first kappa shape index (κ1) is 8.34. The van der Waals surface area contributed by atoms with Crippen LogP contribution in [0.2, 0.25) is 0 Å². The normalized spacial score (nSPS) is 25.2. The van der Waals surface area contributed by atoms with E-state index >= 15 is 0 Å². The molecule has 0 amide bonds. The number of aliphatic hydroxyl groups is 1. The Bertz CT molecular complexity index is 348. The van der Waals surface area contributed by atoms with Gasteiger partial charge in [-0.2, -0.15) is 0 Å². The summed E-state index contributed by atoms with van der Waals surface area (Å²) in [6.45, 7) is 0. The largest absolute Gasteiger partial charge is 0.388 e. The van der Waals surface area contributed by atoms with Crippen molar-refractivity contribution in [3.63, 3.8) is 0 Å². The third-order valence-electron chi connectivity index (χ3n) is 2.68. The number of rotatable bonds is 1. The first-order chi connectivity index (χ1) is 6.33. The van der Waals surface area contributed by atoms with E-state index < -0.39 is 0 Å². The third kappa shape index (κ3) is 1.34. The lowest BCUT2D eigenvalue weighted by Crippen LogP contribution is -2.05. The summed E-state index contributed by atoms with van der Waals surface area (Å²) >= 11 is 0. The Morgan fingerprint density at radius 1 is 1.46 bits per heavy atom. The van der Waals surface area contributed by atoms with E-state index in [0.29, 0.717) is 6.42 Å². The summed E-state index contributed by atoms with van der Waals surface area (Å²) in [4.78, 5) is 0. The second-order valence-electron chi connectivity index (χ2n) is 3.52. The lowest BCUT2D eigenvalue weighted by Gasteiger charge is -2.10. The van der Waals surface area contributed by atoms with Crippen LogP contribution in [0.25, 0.3) is 0 Å². The third-order valence-corrected chi connectivity index (χ3v) is 2.68. The molecule has 0 aromatic heterocycles. The zero-order chi connectivity index (χ0) is 9.26. The van der Waals surface area contributed by atoms with Gasteiger partial charge in [0.15, 0.2) is 0 Å². The van der Waals surface area contributed by atoms with Crippen LogP contribution >= 0.6 is 0 Å². The van der Waals surface area contributed by atoms with Gasteiger partial charge in [0.05, 0.1) is 6.10 Å². The average molecular weight is 172 g/mol. The van der Waals surface area contributed by atoms with Crippen molar-refractivity contribution < 1.29 is 5.11 Å². The number of aliphatic hydroxyl groups excluding tert-OH is 1. The van der Waals surface area contributed by atoms with E-state index in [2.05, 4.69) is 12.0 Å². The number of fused-ring (bicyclic) bond motifs is 1. The van der Waals surface area contributed by atoms with E-state index in [1.807, 2.05) is 18.2 Å². The molecular weight excluding hydrogens is 160 g/mol. The molecule has 1 aliphatic carbocycles. The van der Waals surface area contributed by atoms with Gasteiger partial charge in [-0.25, -0.2) is 0 Å². The van der Waals surface area contributed by atoms with Gasteiger partial charge in [0.1, 0.15) is 0 Å². The summed E-state index contributed by atoms with van der Waals surface area (Å²) in [5.74, 6) is 2.84. The molecule has 1 nitrogen and oxygen atoms in total. The summed E-state index contributed by atoms with van der Waals surface area (Å²) in [6, 6.07) is 8.01. The molecule has 2 rings (SSSR count). The van der Waals surface area contributed by atoms with Gasteiger partial charge < -0.3 is 5.11 Å². The predicted molar refractivity (Wildman–Crippen MR) is 52.0 cm³/mol. The summed E-state index contributed by atoms with van der Waals surface area (Å²) in [6.07, 6.45) is 6.47. The Hall–Kier alpha value is -1.26. The molecular formula is C12H12O. The fourth-order valence-electron chi connectivity index (χ4n) is 1.99.